The monoisotopic (exact) mass is 385 g/mol. The number of nitrogens with two attached hydrogens (primary N) is 1. The van der Waals surface area contributed by atoms with Crippen LogP contribution in [0.1, 0.15) is 5.56 Å². The second kappa shape index (κ2) is 5.82. The van der Waals surface area contributed by atoms with Crippen LogP contribution >= 0.6 is 44.1 Å². The number of ether oxygens (including phenoxy) is 1. The molecule has 5 heteroatoms. The van der Waals surface area contributed by atoms with E-state index in [9.17, 15) is 0 Å². The lowest BCUT2D eigenvalue weighted by molar-refractivity contribution is 0.478. The number of rotatable bonds is 3. The van der Waals surface area contributed by atoms with Crippen LogP contribution in [-0.2, 0) is 0 Å². The Bertz CT molecular complexity index is 601. The highest BCUT2D eigenvalue weighted by molar-refractivity contribution is 9.10. The number of para-hydroxylation sites is 1. The molecule has 0 saturated heterocycles. The van der Waals surface area contributed by atoms with Crippen molar-refractivity contribution in [1.29, 1.82) is 0 Å². The summed E-state index contributed by atoms with van der Waals surface area (Å²) in [7, 11) is 0. The van der Waals surface area contributed by atoms with Crippen molar-refractivity contribution in [1.82, 2.24) is 0 Å². The molecule has 0 atom stereocenters. The molecule has 0 radical (unpaired) electrons. The van der Waals surface area contributed by atoms with Gasteiger partial charge in [-0.15, -0.1) is 0 Å². The van der Waals surface area contributed by atoms with Crippen LogP contribution in [0.25, 0.3) is 0 Å². The second-order valence-corrected chi connectivity index (χ2v) is 5.75. The molecule has 0 aromatic heterocycles. The Labute approximate surface area is 127 Å². The van der Waals surface area contributed by atoms with E-state index in [0.29, 0.717) is 16.3 Å². The molecule has 0 heterocycles. The number of hydrogen-bond acceptors (Lipinski definition) is 2. The molecular formula is C13H9Br2NOS. The second-order valence-electron chi connectivity index (χ2n) is 3.54. The van der Waals surface area contributed by atoms with E-state index >= 15 is 0 Å². The summed E-state index contributed by atoms with van der Waals surface area (Å²) in [5.74, 6) is 1.36. The van der Waals surface area contributed by atoms with E-state index in [1.54, 1.807) is 0 Å². The third kappa shape index (κ3) is 3.10. The molecule has 0 bridgehead atoms. The van der Waals surface area contributed by atoms with E-state index in [4.69, 9.17) is 22.7 Å². The Balaban J connectivity index is 2.41. The summed E-state index contributed by atoms with van der Waals surface area (Å²) in [6.07, 6.45) is 0. The predicted octanol–water partition coefficient (Wildman–Crippen LogP) is 4.64. The Morgan fingerprint density at radius 1 is 1.06 bits per heavy atom. The Hall–Kier alpha value is -0.910. The maximum atomic E-state index is 5.82. The van der Waals surface area contributed by atoms with E-state index in [1.165, 1.54) is 0 Å². The van der Waals surface area contributed by atoms with Crippen molar-refractivity contribution in [2.45, 2.75) is 0 Å². The highest BCUT2D eigenvalue weighted by Gasteiger charge is 2.09. The standard InChI is InChI=1S/C13H9Br2NOS/c14-8-5-6-11(9(7-8)13(16)18)17-12-4-2-1-3-10(12)15/h1-7H,(H2,16,18). The maximum Gasteiger partial charge on any atom is 0.141 e. The molecule has 2 rings (SSSR count). The third-order valence-electron chi connectivity index (χ3n) is 2.26. The largest absolute Gasteiger partial charge is 0.455 e. The zero-order chi connectivity index (χ0) is 13.1. The van der Waals surface area contributed by atoms with Gasteiger partial charge in [0.2, 0.25) is 0 Å². The molecule has 0 aliphatic carbocycles. The third-order valence-corrected chi connectivity index (χ3v) is 3.63. The van der Waals surface area contributed by atoms with E-state index in [0.717, 1.165) is 14.7 Å². The van der Waals surface area contributed by atoms with E-state index in [2.05, 4.69) is 31.9 Å². The van der Waals surface area contributed by atoms with Crippen LogP contribution < -0.4 is 10.5 Å². The summed E-state index contributed by atoms with van der Waals surface area (Å²) in [4.78, 5) is 0.304. The molecule has 0 amide bonds. The first-order valence-electron chi connectivity index (χ1n) is 5.09. The first-order valence-corrected chi connectivity index (χ1v) is 7.09. The molecule has 18 heavy (non-hydrogen) atoms. The van der Waals surface area contributed by atoms with Crippen molar-refractivity contribution in [3.63, 3.8) is 0 Å². The Kier molecular flexibility index (Phi) is 4.37. The summed E-state index contributed by atoms with van der Waals surface area (Å²) in [6.45, 7) is 0. The molecule has 2 N–H and O–H groups in total. The van der Waals surface area contributed by atoms with Gasteiger partial charge in [-0.3, -0.25) is 0 Å². The van der Waals surface area contributed by atoms with Crippen LogP contribution in [0.15, 0.2) is 51.4 Å². The van der Waals surface area contributed by atoms with Gasteiger partial charge in [-0.1, -0.05) is 40.3 Å². The molecule has 2 aromatic carbocycles. The summed E-state index contributed by atoms with van der Waals surface area (Å²) in [6, 6.07) is 13.2. The normalized spacial score (nSPS) is 10.1. The molecule has 2 nitrogen and oxygen atoms in total. The molecule has 0 saturated carbocycles. The van der Waals surface area contributed by atoms with Crippen molar-refractivity contribution in [3.05, 3.63) is 57.0 Å². The summed E-state index contributed by atoms with van der Waals surface area (Å²) in [5, 5.41) is 0. The zero-order valence-electron chi connectivity index (χ0n) is 9.19. The van der Waals surface area contributed by atoms with Gasteiger partial charge in [0.05, 0.1) is 10.0 Å². The molecular weight excluding hydrogens is 378 g/mol. The van der Waals surface area contributed by atoms with E-state index < -0.39 is 0 Å². The van der Waals surface area contributed by atoms with Gasteiger partial charge in [-0.25, -0.2) is 0 Å². The average molecular weight is 387 g/mol. The highest BCUT2D eigenvalue weighted by Crippen LogP contribution is 2.32. The zero-order valence-corrected chi connectivity index (χ0v) is 13.2. The smallest absolute Gasteiger partial charge is 0.141 e. The van der Waals surface area contributed by atoms with Gasteiger partial charge < -0.3 is 10.5 Å². The lowest BCUT2D eigenvalue weighted by Crippen LogP contribution is -2.10. The number of benzene rings is 2. The molecule has 0 aliphatic rings. The topological polar surface area (TPSA) is 35.2 Å². The fourth-order valence-corrected chi connectivity index (χ4v) is 2.32. The van der Waals surface area contributed by atoms with E-state index in [1.807, 2.05) is 42.5 Å². The van der Waals surface area contributed by atoms with Crippen LogP contribution in [-0.4, -0.2) is 4.99 Å². The molecule has 0 unspecified atom stereocenters. The summed E-state index contributed by atoms with van der Waals surface area (Å²) < 4.78 is 7.61. The SMILES string of the molecule is NC(=S)c1cc(Br)ccc1Oc1ccccc1Br. The van der Waals surface area contributed by atoms with Crippen molar-refractivity contribution >= 4 is 49.1 Å². The Morgan fingerprint density at radius 3 is 2.44 bits per heavy atom. The van der Waals surface area contributed by atoms with Crippen LogP contribution in [0.5, 0.6) is 11.5 Å². The number of thiocarbonyl (C=S) groups is 1. The minimum atomic E-state index is 0.304. The fourth-order valence-electron chi connectivity index (χ4n) is 1.43. The minimum Gasteiger partial charge on any atom is -0.455 e. The van der Waals surface area contributed by atoms with Gasteiger partial charge in [0.1, 0.15) is 16.5 Å². The molecule has 2 aromatic rings. The van der Waals surface area contributed by atoms with Gasteiger partial charge in [-0.2, -0.15) is 0 Å². The van der Waals surface area contributed by atoms with Crippen molar-refractivity contribution in [2.24, 2.45) is 5.73 Å². The molecule has 0 fully saturated rings. The lowest BCUT2D eigenvalue weighted by atomic mass is 10.2. The number of hydrogen-bond donors (Lipinski definition) is 1. The summed E-state index contributed by atoms with van der Waals surface area (Å²) >= 11 is 11.8. The van der Waals surface area contributed by atoms with Gasteiger partial charge in [-0.05, 0) is 46.3 Å². The molecule has 0 spiro atoms. The molecule has 92 valence electrons. The lowest BCUT2D eigenvalue weighted by Gasteiger charge is -2.11. The minimum absolute atomic E-state index is 0.304. The highest BCUT2D eigenvalue weighted by atomic mass is 79.9. The van der Waals surface area contributed by atoms with Crippen molar-refractivity contribution < 1.29 is 4.74 Å². The van der Waals surface area contributed by atoms with Crippen LogP contribution in [0.4, 0.5) is 0 Å². The predicted molar refractivity (Wildman–Crippen MR) is 84.2 cm³/mol. The van der Waals surface area contributed by atoms with Gasteiger partial charge in [0.15, 0.2) is 0 Å². The average Bonchev–Trinajstić information content (AvgIpc) is 2.34. The van der Waals surface area contributed by atoms with Crippen LogP contribution in [0.3, 0.4) is 0 Å². The quantitative estimate of drug-likeness (QED) is 0.780. The number of halogens is 2. The first-order chi connectivity index (χ1) is 8.58. The fraction of sp³-hybridized carbons (Fsp3) is 0. The molecule has 0 aliphatic heterocycles. The summed E-state index contributed by atoms with van der Waals surface area (Å²) in [5.41, 5.74) is 6.40. The van der Waals surface area contributed by atoms with E-state index in [-0.39, 0.29) is 0 Å². The van der Waals surface area contributed by atoms with Gasteiger partial charge in [0, 0.05) is 4.47 Å². The Morgan fingerprint density at radius 2 is 1.78 bits per heavy atom. The van der Waals surface area contributed by atoms with Gasteiger partial charge >= 0.3 is 0 Å². The van der Waals surface area contributed by atoms with Crippen LogP contribution in [0, 0.1) is 0 Å². The van der Waals surface area contributed by atoms with Crippen molar-refractivity contribution in [3.8, 4) is 11.5 Å². The van der Waals surface area contributed by atoms with Crippen LogP contribution in [0.2, 0.25) is 0 Å². The first kappa shape index (κ1) is 13.5. The maximum absolute atomic E-state index is 5.82. The van der Waals surface area contributed by atoms with Crippen molar-refractivity contribution in [2.75, 3.05) is 0 Å². The van der Waals surface area contributed by atoms with Gasteiger partial charge in [0.25, 0.3) is 0 Å².